The molecule has 1 fully saturated rings. The molecule has 0 radical (unpaired) electrons. The first kappa shape index (κ1) is 20.1. The topological polar surface area (TPSA) is 36.4 Å². The van der Waals surface area contributed by atoms with Crippen LogP contribution in [-0.4, -0.2) is 46.9 Å². The van der Waals surface area contributed by atoms with Crippen LogP contribution in [0.4, 0.5) is 0 Å². The van der Waals surface area contributed by atoms with Gasteiger partial charge in [0.2, 0.25) is 0 Å². The molecule has 29 heavy (non-hydrogen) atoms. The van der Waals surface area contributed by atoms with Gasteiger partial charge in [0.05, 0.1) is 11.6 Å². The van der Waals surface area contributed by atoms with Crippen molar-refractivity contribution >= 4 is 33.4 Å². The van der Waals surface area contributed by atoms with Crippen LogP contribution < -0.4 is 0 Å². The van der Waals surface area contributed by atoms with E-state index in [1.54, 1.807) is 12.4 Å². The molecule has 4 nitrogen and oxygen atoms in total. The number of rotatable bonds is 4. The summed E-state index contributed by atoms with van der Waals surface area (Å²) in [7, 11) is 0. The maximum absolute atomic E-state index is 12.8. The Labute approximate surface area is 184 Å². The van der Waals surface area contributed by atoms with Gasteiger partial charge >= 0.3 is 0 Å². The lowest BCUT2D eigenvalue weighted by Gasteiger charge is -2.39. The molecule has 4 rings (SSSR count). The fourth-order valence-corrected chi connectivity index (χ4v) is 4.28. The third kappa shape index (κ3) is 4.69. The molecular weight excluding hydrogens is 450 g/mol. The van der Waals surface area contributed by atoms with E-state index in [0.717, 1.165) is 22.6 Å². The first-order valence-electron chi connectivity index (χ1n) is 9.56. The maximum atomic E-state index is 12.8. The number of carbonyl (C=O) groups is 1. The van der Waals surface area contributed by atoms with E-state index in [9.17, 15) is 4.79 Å². The van der Waals surface area contributed by atoms with Crippen molar-refractivity contribution in [3.05, 3.63) is 99.2 Å². The highest BCUT2D eigenvalue weighted by molar-refractivity contribution is 9.10. The van der Waals surface area contributed by atoms with Crippen LogP contribution in [-0.2, 0) is 0 Å². The predicted octanol–water partition coefficient (Wildman–Crippen LogP) is 5.04. The zero-order valence-electron chi connectivity index (χ0n) is 15.8. The first-order chi connectivity index (χ1) is 14.1. The van der Waals surface area contributed by atoms with Crippen LogP contribution in [0.2, 0.25) is 5.02 Å². The van der Waals surface area contributed by atoms with Crippen LogP contribution in [0.5, 0.6) is 0 Å². The van der Waals surface area contributed by atoms with Crippen LogP contribution in [0, 0.1) is 0 Å². The van der Waals surface area contributed by atoms with Crippen molar-refractivity contribution in [1.29, 1.82) is 0 Å². The average molecular weight is 471 g/mol. The summed E-state index contributed by atoms with van der Waals surface area (Å²) in [6, 6.07) is 20.5. The molecule has 0 spiro atoms. The summed E-state index contributed by atoms with van der Waals surface area (Å²) >= 11 is 9.49. The van der Waals surface area contributed by atoms with Gasteiger partial charge in [-0.3, -0.25) is 14.7 Å². The SMILES string of the molecule is O=C(c1cncc(Br)c1)N1CCN(C(c2ccccc2)c2ccc(Cl)cc2)CC1. The molecule has 1 aromatic heterocycles. The summed E-state index contributed by atoms with van der Waals surface area (Å²) < 4.78 is 0.814. The van der Waals surface area contributed by atoms with Gasteiger partial charge in [0.15, 0.2) is 0 Å². The second kappa shape index (κ2) is 9.08. The van der Waals surface area contributed by atoms with Crippen molar-refractivity contribution in [3.8, 4) is 0 Å². The van der Waals surface area contributed by atoms with Crippen molar-refractivity contribution in [2.45, 2.75) is 6.04 Å². The van der Waals surface area contributed by atoms with E-state index in [1.807, 2.05) is 29.2 Å². The van der Waals surface area contributed by atoms with E-state index in [0.29, 0.717) is 18.7 Å². The first-order valence-corrected chi connectivity index (χ1v) is 10.7. The van der Waals surface area contributed by atoms with Crippen LogP contribution in [0.15, 0.2) is 77.5 Å². The Morgan fingerprint density at radius 2 is 1.59 bits per heavy atom. The zero-order valence-corrected chi connectivity index (χ0v) is 18.2. The number of amides is 1. The minimum Gasteiger partial charge on any atom is -0.336 e. The van der Waals surface area contributed by atoms with Gasteiger partial charge in [-0.25, -0.2) is 0 Å². The van der Waals surface area contributed by atoms with Crippen molar-refractivity contribution in [1.82, 2.24) is 14.8 Å². The summed E-state index contributed by atoms with van der Waals surface area (Å²) in [4.78, 5) is 21.3. The van der Waals surface area contributed by atoms with E-state index >= 15 is 0 Å². The van der Waals surface area contributed by atoms with Gasteiger partial charge in [-0.15, -0.1) is 0 Å². The molecule has 1 aliphatic rings. The van der Waals surface area contributed by atoms with Gasteiger partial charge in [-0.05, 0) is 45.3 Å². The second-order valence-electron chi connectivity index (χ2n) is 7.08. The van der Waals surface area contributed by atoms with Gasteiger partial charge < -0.3 is 4.90 Å². The molecule has 0 N–H and O–H groups in total. The van der Waals surface area contributed by atoms with E-state index in [1.165, 1.54) is 11.1 Å². The van der Waals surface area contributed by atoms with Crippen molar-refractivity contribution in [2.75, 3.05) is 26.2 Å². The Kier molecular flexibility index (Phi) is 6.28. The Hall–Kier alpha value is -2.21. The Morgan fingerprint density at radius 3 is 2.24 bits per heavy atom. The van der Waals surface area contributed by atoms with Crippen LogP contribution in [0.1, 0.15) is 27.5 Å². The number of nitrogens with zero attached hydrogens (tertiary/aromatic N) is 3. The normalized spacial score (nSPS) is 15.9. The smallest absolute Gasteiger partial charge is 0.255 e. The highest BCUT2D eigenvalue weighted by Gasteiger charge is 2.28. The van der Waals surface area contributed by atoms with Crippen molar-refractivity contribution < 1.29 is 4.79 Å². The number of hydrogen-bond acceptors (Lipinski definition) is 3. The number of benzene rings is 2. The van der Waals surface area contributed by atoms with Crippen LogP contribution in [0.3, 0.4) is 0 Å². The lowest BCUT2D eigenvalue weighted by atomic mass is 9.96. The molecule has 148 valence electrons. The quantitative estimate of drug-likeness (QED) is 0.536. The summed E-state index contributed by atoms with van der Waals surface area (Å²) in [6.45, 7) is 2.97. The van der Waals surface area contributed by atoms with Crippen molar-refractivity contribution in [2.24, 2.45) is 0 Å². The number of piperazine rings is 1. The monoisotopic (exact) mass is 469 g/mol. The molecule has 1 atom stereocenters. The second-order valence-corrected chi connectivity index (χ2v) is 8.44. The molecule has 0 bridgehead atoms. The van der Waals surface area contributed by atoms with Gasteiger partial charge in [0.1, 0.15) is 0 Å². The molecule has 0 saturated carbocycles. The fraction of sp³-hybridized carbons (Fsp3) is 0.217. The third-order valence-electron chi connectivity index (χ3n) is 5.22. The molecule has 1 unspecified atom stereocenters. The molecule has 3 aromatic rings. The minimum atomic E-state index is 0.0289. The molecule has 6 heteroatoms. The van der Waals surface area contributed by atoms with Gasteiger partial charge in [-0.2, -0.15) is 0 Å². The van der Waals surface area contributed by atoms with Crippen molar-refractivity contribution in [3.63, 3.8) is 0 Å². The standard InChI is InChI=1S/C23H21BrClN3O/c24-20-14-19(15-26-16-20)23(29)28-12-10-27(11-13-28)22(17-4-2-1-3-5-17)18-6-8-21(25)9-7-18/h1-9,14-16,22H,10-13H2. The molecular formula is C23H21BrClN3O. The summed E-state index contributed by atoms with van der Waals surface area (Å²) in [6.07, 6.45) is 3.31. The van der Waals surface area contributed by atoms with E-state index < -0.39 is 0 Å². The number of carbonyl (C=O) groups excluding carboxylic acids is 1. The Bertz CT molecular complexity index is 973. The molecule has 0 aliphatic carbocycles. The highest BCUT2D eigenvalue weighted by atomic mass is 79.9. The minimum absolute atomic E-state index is 0.0289. The third-order valence-corrected chi connectivity index (χ3v) is 5.91. The van der Waals surface area contributed by atoms with Crippen LogP contribution >= 0.6 is 27.5 Å². The lowest BCUT2D eigenvalue weighted by molar-refractivity contribution is 0.0597. The predicted molar refractivity (Wildman–Crippen MR) is 119 cm³/mol. The molecule has 1 saturated heterocycles. The maximum Gasteiger partial charge on any atom is 0.255 e. The fourth-order valence-electron chi connectivity index (χ4n) is 3.79. The number of halogens is 2. The largest absolute Gasteiger partial charge is 0.336 e. The molecule has 2 heterocycles. The van der Waals surface area contributed by atoms with Gasteiger partial charge in [-0.1, -0.05) is 54.1 Å². The van der Waals surface area contributed by atoms with E-state index in [2.05, 4.69) is 62.2 Å². The summed E-state index contributed by atoms with van der Waals surface area (Å²) in [5.41, 5.74) is 3.06. The van der Waals surface area contributed by atoms with Gasteiger partial charge in [0.25, 0.3) is 5.91 Å². The van der Waals surface area contributed by atoms with Gasteiger partial charge in [0, 0.05) is 48.1 Å². The van der Waals surface area contributed by atoms with E-state index in [-0.39, 0.29) is 11.9 Å². The van der Waals surface area contributed by atoms with E-state index in [4.69, 9.17) is 11.6 Å². The summed E-state index contributed by atoms with van der Waals surface area (Å²) in [5, 5.41) is 0.735. The molecule has 2 aromatic carbocycles. The zero-order chi connectivity index (χ0) is 20.2. The Morgan fingerprint density at radius 1 is 0.931 bits per heavy atom. The molecule has 1 amide bonds. The molecule has 1 aliphatic heterocycles. The number of pyridine rings is 1. The highest BCUT2D eigenvalue weighted by Crippen LogP contribution is 2.30. The lowest BCUT2D eigenvalue weighted by Crippen LogP contribution is -2.49. The van der Waals surface area contributed by atoms with Crippen LogP contribution in [0.25, 0.3) is 0 Å². The summed E-state index contributed by atoms with van der Waals surface area (Å²) in [5.74, 6) is 0.0289. The Balaban J connectivity index is 1.52. The number of aromatic nitrogens is 1. The average Bonchev–Trinajstić information content (AvgIpc) is 2.76. The number of hydrogen-bond donors (Lipinski definition) is 0.